The minimum atomic E-state index is -1.98. The summed E-state index contributed by atoms with van der Waals surface area (Å²) < 4.78 is 34.5. The third-order valence-electron chi connectivity index (χ3n) is 23.0. The number of hydrogen-bond donors (Lipinski definition) is 12. The van der Waals surface area contributed by atoms with Gasteiger partial charge in [0, 0.05) is 6.42 Å². The molecule has 0 bridgehead atoms. The van der Waals surface area contributed by atoms with Crippen LogP contribution < -0.4 is 5.32 Å². The smallest absolute Gasteiger partial charge is 0.220 e. The van der Waals surface area contributed by atoms with Gasteiger partial charge in [-0.25, -0.2) is 0 Å². The van der Waals surface area contributed by atoms with E-state index in [-0.39, 0.29) is 18.9 Å². The largest absolute Gasteiger partial charge is 0.394 e. The minimum Gasteiger partial charge on any atom is -0.394 e. The first kappa shape index (κ1) is 104. The van der Waals surface area contributed by atoms with E-state index in [0.717, 1.165) is 51.4 Å². The van der Waals surface area contributed by atoms with E-state index in [2.05, 4.69) is 67.8 Å². The van der Waals surface area contributed by atoms with Gasteiger partial charge in [-0.1, -0.05) is 370 Å². The summed E-state index contributed by atoms with van der Waals surface area (Å²) in [6.45, 7) is 1.76. The molecule has 19 nitrogen and oxygen atoms in total. The highest BCUT2D eigenvalue weighted by Crippen LogP contribution is 2.34. The molecule has 17 unspecified atom stereocenters. The number of aliphatic hydroxyl groups is 11. The van der Waals surface area contributed by atoms with Crippen molar-refractivity contribution in [1.82, 2.24) is 5.32 Å². The van der Waals surface area contributed by atoms with Crippen LogP contribution in [0.25, 0.3) is 0 Å². The third-order valence-corrected chi connectivity index (χ3v) is 23.0. The lowest BCUT2D eigenvalue weighted by atomic mass is 9.96. The molecule has 0 radical (unpaired) electrons. The Morgan fingerprint density at radius 1 is 0.321 bits per heavy atom. The van der Waals surface area contributed by atoms with Crippen LogP contribution in [0.3, 0.4) is 0 Å². The van der Waals surface area contributed by atoms with Gasteiger partial charge in [0.1, 0.15) is 73.2 Å². The van der Waals surface area contributed by atoms with Crippen LogP contribution in [0.4, 0.5) is 0 Å². The lowest BCUT2D eigenvalue weighted by molar-refractivity contribution is -0.379. The Morgan fingerprint density at radius 3 is 0.946 bits per heavy atom. The number of ether oxygens (including phenoxy) is 6. The second-order valence-electron chi connectivity index (χ2n) is 33.1. The van der Waals surface area contributed by atoms with Crippen LogP contribution in [0, 0.1) is 0 Å². The Balaban J connectivity index is 1.31. The lowest BCUT2D eigenvalue weighted by Crippen LogP contribution is -2.66. The molecule has 3 rings (SSSR count). The molecule has 12 N–H and O–H groups in total. The number of unbranched alkanes of at least 4 members (excludes halogenated alkanes) is 52. The number of nitrogens with one attached hydrogen (secondary N) is 1. The van der Waals surface area contributed by atoms with Crippen LogP contribution in [0.2, 0.25) is 0 Å². The van der Waals surface area contributed by atoms with E-state index in [1.807, 2.05) is 6.08 Å². The van der Waals surface area contributed by atoms with Gasteiger partial charge in [-0.2, -0.15) is 0 Å². The number of allylic oxidation sites excluding steroid dienone is 9. The molecule has 0 aliphatic carbocycles. The maximum atomic E-state index is 13.5. The summed E-state index contributed by atoms with van der Waals surface area (Å²) in [5, 5.41) is 121. The molecule has 17 atom stereocenters. The van der Waals surface area contributed by atoms with Gasteiger partial charge in [-0.05, 0) is 77.0 Å². The Morgan fingerprint density at radius 2 is 0.598 bits per heavy atom. The first-order valence-electron chi connectivity index (χ1n) is 46.5. The molecule has 112 heavy (non-hydrogen) atoms. The predicted octanol–water partition coefficient (Wildman–Crippen LogP) is 18.1. The van der Waals surface area contributed by atoms with E-state index >= 15 is 0 Å². The zero-order valence-corrected chi connectivity index (χ0v) is 70.9. The van der Waals surface area contributed by atoms with Crippen molar-refractivity contribution >= 4 is 5.91 Å². The van der Waals surface area contributed by atoms with Crippen molar-refractivity contribution in [2.75, 3.05) is 26.4 Å². The molecule has 3 saturated heterocycles. The van der Waals surface area contributed by atoms with E-state index in [1.165, 1.54) is 308 Å². The highest BCUT2D eigenvalue weighted by atomic mass is 16.8. The second-order valence-corrected chi connectivity index (χ2v) is 33.1. The summed E-state index contributed by atoms with van der Waals surface area (Å²) >= 11 is 0. The predicted molar refractivity (Wildman–Crippen MR) is 452 cm³/mol. The van der Waals surface area contributed by atoms with Crippen molar-refractivity contribution in [3.8, 4) is 0 Å². The monoisotopic (exact) mass is 1590 g/mol. The van der Waals surface area contributed by atoms with Gasteiger partial charge in [0.05, 0.1) is 38.6 Å². The Labute approximate surface area is 681 Å². The molecule has 1 amide bonds. The highest BCUT2D eigenvalue weighted by Gasteiger charge is 2.54. The molecule has 0 saturated carbocycles. The Kier molecular flexibility index (Phi) is 67.1. The summed E-state index contributed by atoms with van der Waals surface area (Å²) in [4.78, 5) is 13.5. The van der Waals surface area contributed by atoms with Gasteiger partial charge in [-0.15, -0.1) is 0 Å². The minimum absolute atomic E-state index is 0.235. The summed E-state index contributed by atoms with van der Waals surface area (Å²) in [5.41, 5.74) is 0. The topological polar surface area (TPSA) is 307 Å². The standard InChI is InChI=1S/C93H171NO18/c1-3-5-7-9-11-13-15-17-19-21-23-25-27-29-31-33-34-35-36-37-38-39-40-41-42-43-45-47-49-51-53-55-57-59-61-63-65-67-69-71-81(99)94-76(77(98)70-68-66-64-62-60-58-56-54-52-50-48-46-44-32-30-28-26-24-22-20-18-16-14-12-10-8-6-4-2)75-107-91-87(105)84(102)89(79(73-96)109-91)112-93-88(106)85(103)90(80(74-97)110-93)111-92-86(104)83(101)82(100)78(72-95)108-92/h15,17,21,23,52,54,60,62,68,70,76-80,82-93,95-98,100-106H,3-14,16,18-20,22,24-51,53,55-59,61,63-67,69,71-75H2,1-2H3,(H,94,99)/b17-15-,23-21-,54-52+,62-60+,70-68+. The zero-order chi connectivity index (χ0) is 81.0. The maximum Gasteiger partial charge on any atom is 0.220 e. The van der Waals surface area contributed by atoms with E-state index < -0.39 is 124 Å². The Bertz CT molecular complexity index is 2250. The molecule has 0 aromatic carbocycles. The van der Waals surface area contributed by atoms with E-state index in [1.54, 1.807) is 6.08 Å². The first-order chi connectivity index (χ1) is 54.8. The van der Waals surface area contributed by atoms with Crippen molar-refractivity contribution in [2.45, 2.75) is 497 Å². The summed E-state index contributed by atoms with van der Waals surface area (Å²) in [5.74, 6) is -0.282. The fourth-order valence-corrected chi connectivity index (χ4v) is 15.6. The average molecular weight is 1590 g/mol. The molecular weight excluding hydrogens is 1420 g/mol. The fraction of sp³-hybridized carbons (Fsp3) is 0.882. The number of amides is 1. The maximum absolute atomic E-state index is 13.5. The number of hydrogen-bond acceptors (Lipinski definition) is 18. The van der Waals surface area contributed by atoms with Crippen LogP contribution in [0.15, 0.2) is 60.8 Å². The van der Waals surface area contributed by atoms with Gasteiger partial charge in [-0.3, -0.25) is 4.79 Å². The van der Waals surface area contributed by atoms with Crippen molar-refractivity contribution in [2.24, 2.45) is 0 Å². The molecule has 0 spiro atoms. The SMILES string of the molecule is CCCCCCC/C=C\C/C=C\CCCCCCCCCCCCCCCCCCCCCCCCCCCCCC(=O)NC(COC1OC(CO)C(OC2OC(CO)C(OC3OC(CO)C(O)C(O)C3O)C(O)C2O)C(O)C1O)C(O)/C=C/CC/C=C/CC/C=C/CCCCCCCCCCCCCCCCCCCC. The van der Waals surface area contributed by atoms with Crippen LogP contribution >= 0.6 is 0 Å². The summed E-state index contributed by atoms with van der Waals surface area (Å²) in [7, 11) is 0. The van der Waals surface area contributed by atoms with Crippen LogP contribution in [0.1, 0.15) is 393 Å². The van der Waals surface area contributed by atoms with E-state index in [0.29, 0.717) is 12.8 Å². The van der Waals surface area contributed by atoms with Crippen molar-refractivity contribution in [3.05, 3.63) is 60.8 Å². The van der Waals surface area contributed by atoms with Gasteiger partial charge in [0.2, 0.25) is 5.91 Å². The molecule has 656 valence electrons. The van der Waals surface area contributed by atoms with Crippen LogP contribution in [0.5, 0.6) is 0 Å². The Hall–Kier alpha value is -2.51. The first-order valence-corrected chi connectivity index (χ1v) is 46.5. The summed E-state index contributed by atoms with van der Waals surface area (Å²) in [6, 6.07) is -0.999. The summed E-state index contributed by atoms with van der Waals surface area (Å²) in [6.07, 6.45) is 69.7. The number of carbonyl (C=O) groups excluding carboxylic acids is 1. The van der Waals surface area contributed by atoms with Gasteiger partial charge in [0.25, 0.3) is 0 Å². The van der Waals surface area contributed by atoms with Crippen LogP contribution in [-0.2, 0) is 33.2 Å². The van der Waals surface area contributed by atoms with E-state index in [4.69, 9.17) is 28.4 Å². The number of carbonyl (C=O) groups is 1. The lowest BCUT2D eigenvalue weighted by Gasteiger charge is -2.48. The van der Waals surface area contributed by atoms with Gasteiger partial charge >= 0.3 is 0 Å². The normalized spacial score (nSPS) is 25.2. The molecule has 3 aliphatic rings. The van der Waals surface area contributed by atoms with E-state index in [9.17, 15) is 61.0 Å². The third kappa shape index (κ3) is 50.4. The van der Waals surface area contributed by atoms with Crippen molar-refractivity contribution in [3.63, 3.8) is 0 Å². The molecule has 3 heterocycles. The molecule has 3 aliphatic heterocycles. The molecular formula is C93H171NO18. The zero-order valence-electron chi connectivity index (χ0n) is 70.9. The number of aliphatic hydroxyl groups excluding tert-OH is 11. The molecule has 0 aromatic rings. The fourth-order valence-electron chi connectivity index (χ4n) is 15.6. The van der Waals surface area contributed by atoms with Crippen molar-refractivity contribution in [1.29, 1.82) is 0 Å². The highest BCUT2D eigenvalue weighted by molar-refractivity contribution is 5.76. The van der Waals surface area contributed by atoms with Crippen molar-refractivity contribution < 1.29 is 89.4 Å². The quantitative estimate of drug-likeness (QED) is 0.0199. The number of rotatable bonds is 76. The van der Waals surface area contributed by atoms with Gasteiger partial charge in [0.15, 0.2) is 18.9 Å². The molecule has 19 heteroatoms. The molecule has 0 aromatic heterocycles. The van der Waals surface area contributed by atoms with Crippen LogP contribution in [-0.4, -0.2) is 193 Å². The van der Waals surface area contributed by atoms with Gasteiger partial charge < -0.3 is 89.9 Å². The molecule has 3 fully saturated rings. The second kappa shape index (κ2) is 72.5. The average Bonchev–Trinajstić information content (AvgIpc) is 0.780.